The first-order valence-electron chi connectivity index (χ1n) is 6.63. The molecular formula is C16H14Cl2F3N. The Hall–Kier alpha value is -1.23. The number of hydrogen-bond acceptors (Lipinski definition) is 1. The number of rotatable bonds is 4. The zero-order valence-corrected chi connectivity index (χ0v) is 13.0. The molecule has 118 valence electrons. The maximum absolute atomic E-state index is 12.8. The van der Waals surface area contributed by atoms with E-state index < -0.39 is 11.7 Å². The van der Waals surface area contributed by atoms with Crippen LogP contribution in [0.15, 0.2) is 42.5 Å². The molecule has 1 atom stereocenters. The molecule has 1 unspecified atom stereocenters. The van der Waals surface area contributed by atoms with Crippen LogP contribution in [0.2, 0.25) is 10.0 Å². The Labute approximate surface area is 136 Å². The third-order valence-corrected chi connectivity index (χ3v) is 4.09. The standard InChI is InChI=1S/C16H14Cl2F3N/c17-13-5-2-6-14(18)15(13)11(9-22)7-10-3-1-4-12(8-10)16(19,20)21/h1-6,8,11H,7,9,22H2. The lowest BCUT2D eigenvalue weighted by atomic mass is 9.91. The average Bonchev–Trinajstić information content (AvgIpc) is 2.45. The van der Waals surface area contributed by atoms with Crippen LogP contribution in [0, 0.1) is 0 Å². The summed E-state index contributed by atoms with van der Waals surface area (Å²) >= 11 is 12.3. The summed E-state index contributed by atoms with van der Waals surface area (Å²) in [6.07, 6.45) is -4.03. The molecule has 22 heavy (non-hydrogen) atoms. The number of alkyl halides is 3. The zero-order chi connectivity index (χ0) is 16.3. The quantitative estimate of drug-likeness (QED) is 0.798. The van der Waals surface area contributed by atoms with Gasteiger partial charge in [-0.15, -0.1) is 0 Å². The summed E-state index contributed by atoms with van der Waals surface area (Å²) in [5, 5.41) is 0.935. The highest BCUT2D eigenvalue weighted by Gasteiger charge is 2.30. The van der Waals surface area contributed by atoms with E-state index in [4.69, 9.17) is 28.9 Å². The van der Waals surface area contributed by atoms with Gasteiger partial charge in [-0.2, -0.15) is 13.2 Å². The molecule has 0 heterocycles. The third-order valence-electron chi connectivity index (χ3n) is 3.43. The largest absolute Gasteiger partial charge is 0.416 e. The SMILES string of the molecule is NCC(Cc1cccc(C(F)(F)F)c1)c1c(Cl)cccc1Cl. The average molecular weight is 348 g/mol. The summed E-state index contributed by atoms with van der Waals surface area (Å²) in [5.74, 6) is -0.246. The Morgan fingerprint density at radius 3 is 2.14 bits per heavy atom. The third kappa shape index (κ3) is 3.94. The topological polar surface area (TPSA) is 26.0 Å². The molecule has 0 fully saturated rings. The van der Waals surface area contributed by atoms with E-state index in [9.17, 15) is 13.2 Å². The number of benzene rings is 2. The molecule has 0 bridgehead atoms. The van der Waals surface area contributed by atoms with Crippen molar-refractivity contribution in [2.45, 2.75) is 18.5 Å². The van der Waals surface area contributed by atoms with E-state index in [1.807, 2.05) is 0 Å². The lowest BCUT2D eigenvalue weighted by molar-refractivity contribution is -0.137. The summed E-state index contributed by atoms with van der Waals surface area (Å²) < 4.78 is 38.3. The van der Waals surface area contributed by atoms with Crippen LogP contribution >= 0.6 is 23.2 Å². The van der Waals surface area contributed by atoms with E-state index in [0.29, 0.717) is 27.6 Å². The Morgan fingerprint density at radius 2 is 1.59 bits per heavy atom. The minimum Gasteiger partial charge on any atom is -0.330 e. The van der Waals surface area contributed by atoms with Gasteiger partial charge in [-0.05, 0) is 42.3 Å². The van der Waals surface area contributed by atoms with Crippen molar-refractivity contribution in [1.29, 1.82) is 0 Å². The van der Waals surface area contributed by atoms with Gasteiger partial charge in [-0.1, -0.05) is 47.5 Å². The first kappa shape index (κ1) is 17.1. The summed E-state index contributed by atoms with van der Waals surface area (Å²) in [6, 6.07) is 10.3. The normalized spacial score (nSPS) is 13.2. The fourth-order valence-corrected chi connectivity index (χ4v) is 3.07. The first-order chi connectivity index (χ1) is 10.3. The van der Waals surface area contributed by atoms with Gasteiger partial charge in [0.25, 0.3) is 0 Å². The van der Waals surface area contributed by atoms with E-state index >= 15 is 0 Å². The van der Waals surface area contributed by atoms with Crippen LogP contribution < -0.4 is 5.73 Å². The van der Waals surface area contributed by atoms with Crippen LogP contribution in [-0.2, 0) is 12.6 Å². The smallest absolute Gasteiger partial charge is 0.330 e. The molecule has 0 radical (unpaired) electrons. The molecule has 6 heteroatoms. The van der Waals surface area contributed by atoms with Crippen LogP contribution in [0.1, 0.15) is 22.6 Å². The molecule has 0 saturated carbocycles. The number of nitrogens with two attached hydrogens (primary N) is 1. The Morgan fingerprint density at radius 1 is 1.00 bits per heavy atom. The van der Waals surface area contributed by atoms with Crippen LogP contribution in [0.5, 0.6) is 0 Å². The molecule has 0 spiro atoms. The molecule has 2 aromatic carbocycles. The van der Waals surface area contributed by atoms with E-state index in [1.54, 1.807) is 24.3 Å². The van der Waals surface area contributed by atoms with Crippen molar-refractivity contribution >= 4 is 23.2 Å². The van der Waals surface area contributed by atoms with Gasteiger partial charge in [0.05, 0.1) is 5.56 Å². The number of hydrogen-bond donors (Lipinski definition) is 1. The molecule has 2 aromatic rings. The molecule has 0 aromatic heterocycles. The van der Waals surface area contributed by atoms with Gasteiger partial charge in [0.2, 0.25) is 0 Å². The molecule has 2 N–H and O–H groups in total. The van der Waals surface area contributed by atoms with Gasteiger partial charge >= 0.3 is 6.18 Å². The number of halogens is 5. The van der Waals surface area contributed by atoms with E-state index in [2.05, 4.69) is 0 Å². The Balaban J connectivity index is 2.32. The highest BCUT2D eigenvalue weighted by Crippen LogP contribution is 2.34. The molecule has 0 aliphatic rings. The van der Waals surface area contributed by atoms with Crippen LogP contribution in [0.4, 0.5) is 13.2 Å². The predicted octanol–water partition coefficient (Wildman–Crippen LogP) is 5.30. The highest BCUT2D eigenvalue weighted by molar-refractivity contribution is 6.36. The molecule has 0 aliphatic heterocycles. The maximum atomic E-state index is 12.8. The molecule has 0 amide bonds. The van der Waals surface area contributed by atoms with E-state index in [1.165, 1.54) is 6.07 Å². The monoisotopic (exact) mass is 347 g/mol. The molecular weight excluding hydrogens is 334 g/mol. The van der Waals surface area contributed by atoms with Crippen LogP contribution in [-0.4, -0.2) is 6.54 Å². The van der Waals surface area contributed by atoms with Crippen molar-refractivity contribution in [1.82, 2.24) is 0 Å². The molecule has 0 saturated heterocycles. The van der Waals surface area contributed by atoms with Gasteiger partial charge in [0.15, 0.2) is 0 Å². The fourth-order valence-electron chi connectivity index (χ4n) is 2.36. The zero-order valence-electron chi connectivity index (χ0n) is 11.5. The minimum absolute atomic E-state index is 0.236. The van der Waals surface area contributed by atoms with Gasteiger partial charge in [-0.25, -0.2) is 0 Å². The van der Waals surface area contributed by atoms with Crippen LogP contribution in [0.3, 0.4) is 0 Å². The van der Waals surface area contributed by atoms with Crippen molar-refractivity contribution in [3.63, 3.8) is 0 Å². The Bertz CT molecular complexity index is 636. The molecule has 1 nitrogen and oxygen atoms in total. The molecule has 2 rings (SSSR count). The van der Waals surface area contributed by atoms with E-state index in [-0.39, 0.29) is 12.5 Å². The lowest BCUT2D eigenvalue weighted by Crippen LogP contribution is -2.16. The Kier molecular flexibility index (Phi) is 5.37. The van der Waals surface area contributed by atoms with Gasteiger partial charge in [0, 0.05) is 16.0 Å². The maximum Gasteiger partial charge on any atom is 0.416 e. The summed E-state index contributed by atoms with van der Waals surface area (Å²) in [5.41, 5.74) is 6.31. The second kappa shape index (κ2) is 6.90. The van der Waals surface area contributed by atoms with Crippen molar-refractivity contribution in [2.75, 3.05) is 6.54 Å². The second-order valence-corrected chi connectivity index (χ2v) is 5.78. The van der Waals surface area contributed by atoms with Crippen molar-refractivity contribution in [2.24, 2.45) is 5.73 Å². The van der Waals surface area contributed by atoms with Gasteiger partial charge < -0.3 is 5.73 Å². The van der Waals surface area contributed by atoms with E-state index in [0.717, 1.165) is 12.1 Å². The second-order valence-electron chi connectivity index (χ2n) is 4.97. The van der Waals surface area contributed by atoms with Crippen molar-refractivity contribution in [3.8, 4) is 0 Å². The summed E-state index contributed by atoms with van der Waals surface area (Å²) in [7, 11) is 0. The summed E-state index contributed by atoms with van der Waals surface area (Å²) in [4.78, 5) is 0. The fraction of sp³-hybridized carbons (Fsp3) is 0.250. The van der Waals surface area contributed by atoms with Crippen LogP contribution in [0.25, 0.3) is 0 Å². The summed E-state index contributed by atoms with van der Waals surface area (Å²) in [6.45, 7) is 0.236. The van der Waals surface area contributed by atoms with Gasteiger partial charge in [-0.3, -0.25) is 0 Å². The first-order valence-corrected chi connectivity index (χ1v) is 7.38. The van der Waals surface area contributed by atoms with Crippen molar-refractivity contribution < 1.29 is 13.2 Å². The lowest BCUT2D eigenvalue weighted by Gasteiger charge is -2.19. The predicted molar refractivity (Wildman–Crippen MR) is 83.4 cm³/mol. The molecule has 0 aliphatic carbocycles. The van der Waals surface area contributed by atoms with Crippen molar-refractivity contribution in [3.05, 3.63) is 69.2 Å². The minimum atomic E-state index is -4.36. The van der Waals surface area contributed by atoms with Gasteiger partial charge in [0.1, 0.15) is 0 Å². The highest BCUT2D eigenvalue weighted by atomic mass is 35.5.